The lowest BCUT2D eigenvalue weighted by molar-refractivity contribution is 0.175. The summed E-state index contributed by atoms with van der Waals surface area (Å²) in [4.78, 5) is 15.8. The molecule has 0 saturated heterocycles. The van der Waals surface area contributed by atoms with Gasteiger partial charge in [-0.2, -0.15) is 4.98 Å². The monoisotopic (exact) mass is 359 g/mol. The van der Waals surface area contributed by atoms with Gasteiger partial charge in [0.1, 0.15) is 23.5 Å². The molecule has 0 aromatic carbocycles. The lowest BCUT2D eigenvalue weighted by Gasteiger charge is -2.33. The topological polar surface area (TPSA) is 81.2 Å². The molecule has 0 spiro atoms. The normalized spacial score (nSPS) is 22.1. The molecule has 0 aliphatic carbocycles. The van der Waals surface area contributed by atoms with Crippen molar-refractivity contribution in [3.8, 4) is 0 Å². The summed E-state index contributed by atoms with van der Waals surface area (Å²) in [5.41, 5.74) is 2.50. The molecule has 1 atom stereocenters. The molecule has 7 nitrogen and oxygen atoms in total. The second-order valence-electron chi connectivity index (χ2n) is 7.09. The SMILES string of the molecule is CC(C)(F)CNc1ncc2c(C3=CN4NC=NC4(C)C(F)=C3)c[nH]c2n1. The average molecular weight is 359 g/mol. The van der Waals surface area contributed by atoms with E-state index in [-0.39, 0.29) is 12.4 Å². The van der Waals surface area contributed by atoms with Gasteiger partial charge in [0.2, 0.25) is 5.95 Å². The highest BCUT2D eigenvalue weighted by molar-refractivity contribution is 5.94. The zero-order chi connectivity index (χ0) is 18.5. The lowest BCUT2D eigenvalue weighted by atomic mass is 10.00. The molecule has 0 fully saturated rings. The van der Waals surface area contributed by atoms with E-state index < -0.39 is 11.3 Å². The van der Waals surface area contributed by atoms with E-state index in [1.54, 1.807) is 30.5 Å². The zero-order valence-electron chi connectivity index (χ0n) is 14.6. The van der Waals surface area contributed by atoms with Crippen molar-refractivity contribution in [1.29, 1.82) is 0 Å². The van der Waals surface area contributed by atoms with Gasteiger partial charge < -0.3 is 10.3 Å². The van der Waals surface area contributed by atoms with Crippen LogP contribution in [-0.4, -0.2) is 44.2 Å². The first-order valence-corrected chi connectivity index (χ1v) is 8.22. The minimum Gasteiger partial charge on any atom is -0.351 e. The van der Waals surface area contributed by atoms with Crippen molar-refractivity contribution in [2.24, 2.45) is 4.99 Å². The number of hydrazine groups is 1. The van der Waals surface area contributed by atoms with E-state index in [1.165, 1.54) is 26.3 Å². The Bertz CT molecular complexity index is 954. The summed E-state index contributed by atoms with van der Waals surface area (Å²) in [5.74, 6) is -0.0341. The second kappa shape index (κ2) is 5.52. The number of fused-ring (bicyclic) bond motifs is 2. The van der Waals surface area contributed by atoms with Crippen LogP contribution in [0.25, 0.3) is 16.6 Å². The second-order valence-corrected chi connectivity index (χ2v) is 7.09. The van der Waals surface area contributed by atoms with Crippen LogP contribution >= 0.6 is 0 Å². The molecular formula is C17H19F2N7. The number of nitrogens with one attached hydrogen (secondary N) is 3. The fourth-order valence-corrected chi connectivity index (χ4v) is 2.86. The van der Waals surface area contributed by atoms with E-state index in [2.05, 4.69) is 30.7 Å². The average Bonchev–Trinajstić information content (AvgIpc) is 3.16. The molecule has 9 heteroatoms. The van der Waals surface area contributed by atoms with Gasteiger partial charge >= 0.3 is 0 Å². The molecule has 2 aromatic heterocycles. The molecule has 2 aliphatic rings. The number of hydrogen-bond acceptors (Lipinski definition) is 6. The number of H-pyrrole nitrogens is 1. The molecule has 0 bridgehead atoms. The number of aromatic nitrogens is 3. The first-order chi connectivity index (χ1) is 12.3. The zero-order valence-corrected chi connectivity index (χ0v) is 14.6. The summed E-state index contributed by atoms with van der Waals surface area (Å²) in [6.07, 6.45) is 8.10. The molecule has 0 amide bonds. The Morgan fingerprint density at radius 1 is 1.38 bits per heavy atom. The van der Waals surface area contributed by atoms with Crippen molar-refractivity contribution < 1.29 is 8.78 Å². The number of anilines is 1. The van der Waals surface area contributed by atoms with Crippen LogP contribution in [0.4, 0.5) is 14.7 Å². The van der Waals surface area contributed by atoms with Crippen molar-refractivity contribution in [1.82, 2.24) is 25.4 Å². The quantitative estimate of drug-likeness (QED) is 0.782. The minimum absolute atomic E-state index is 0.102. The Labute approximate surface area is 148 Å². The fraction of sp³-hybridized carbons (Fsp3) is 0.353. The summed E-state index contributed by atoms with van der Waals surface area (Å²) in [6.45, 7) is 4.74. The Morgan fingerprint density at radius 3 is 2.96 bits per heavy atom. The van der Waals surface area contributed by atoms with E-state index in [0.717, 1.165) is 10.9 Å². The highest BCUT2D eigenvalue weighted by atomic mass is 19.1. The molecule has 4 heterocycles. The van der Waals surface area contributed by atoms with Crippen molar-refractivity contribution in [2.45, 2.75) is 32.1 Å². The van der Waals surface area contributed by atoms with Gasteiger partial charge in [-0.15, -0.1) is 0 Å². The van der Waals surface area contributed by atoms with Crippen molar-refractivity contribution in [2.75, 3.05) is 11.9 Å². The third-order valence-electron chi connectivity index (χ3n) is 4.39. The van der Waals surface area contributed by atoms with Crippen LogP contribution in [0.1, 0.15) is 26.3 Å². The van der Waals surface area contributed by atoms with Gasteiger partial charge in [0, 0.05) is 35.1 Å². The Hall–Kier alpha value is -2.97. The molecular weight excluding hydrogens is 340 g/mol. The number of allylic oxidation sites excluding steroid dienone is 2. The largest absolute Gasteiger partial charge is 0.351 e. The van der Waals surface area contributed by atoms with Crippen LogP contribution in [0.3, 0.4) is 0 Å². The predicted octanol–water partition coefficient (Wildman–Crippen LogP) is 2.89. The van der Waals surface area contributed by atoms with Gasteiger partial charge in [-0.1, -0.05) is 0 Å². The molecule has 26 heavy (non-hydrogen) atoms. The van der Waals surface area contributed by atoms with Crippen molar-refractivity contribution in [3.63, 3.8) is 0 Å². The van der Waals surface area contributed by atoms with E-state index in [0.29, 0.717) is 17.2 Å². The molecule has 136 valence electrons. The number of rotatable bonds is 4. The fourth-order valence-electron chi connectivity index (χ4n) is 2.86. The van der Waals surface area contributed by atoms with Gasteiger partial charge in [0.05, 0.1) is 6.54 Å². The third kappa shape index (κ3) is 2.69. The molecule has 3 N–H and O–H groups in total. The van der Waals surface area contributed by atoms with Crippen LogP contribution in [0.2, 0.25) is 0 Å². The van der Waals surface area contributed by atoms with Crippen LogP contribution in [0.5, 0.6) is 0 Å². The van der Waals surface area contributed by atoms with Gasteiger partial charge in [-0.3, -0.25) is 10.4 Å². The van der Waals surface area contributed by atoms with Crippen LogP contribution in [0, 0.1) is 0 Å². The predicted molar refractivity (Wildman–Crippen MR) is 96.6 cm³/mol. The highest BCUT2D eigenvalue weighted by Gasteiger charge is 2.40. The number of aromatic amines is 1. The Morgan fingerprint density at radius 2 is 2.19 bits per heavy atom. The van der Waals surface area contributed by atoms with Gasteiger partial charge in [-0.05, 0) is 26.8 Å². The number of aliphatic imine (C=N–C) groups is 1. The van der Waals surface area contributed by atoms with Crippen molar-refractivity contribution in [3.05, 3.63) is 36.1 Å². The summed E-state index contributed by atoms with van der Waals surface area (Å²) in [6, 6.07) is 0. The smallest absolute Gasteiger partial charge is 0.224 e. The van der Waals surface area contributed by atoms with Gasteiger partial charge in [0.15, 0.2) is 5.66 Å². The summed E-state index contributed by atoms with van der Waals surface area (Å²) >= 11 is 0. The van der Waals surface area contributed by atoms with Crippen LogP contribution in [-0.2, 0) is 0 Å². The van der Waals surface area contributed by atoms with E-state index >= 15 is 0 Å². The molecule has 4 rings (SSSR count). The first kappa shape index (κ1) is 16.5. The lowest BCUT2D eigenvalue weighted by Crippen LogP contribution is -2.45. The number of halogens is 2. The van der Waals surface area contributed by atoms with Crippen LogP contribution < -0.4 is 10.7 Å². The maximum Gasteiger partial charge on any atom is 0.224 e. The maximum atomic E-state index is 14.6. The molecule has 2 aromatic rings. The number of alkyl halides is 1. The van der Waals surface area contributed by atoms with E-state index in [9.17, 15) is 8.78 Å². The van der Waals surface area contributed by atoms with Gasteiger partial charge in [0.25, 0.3) is 0 Å². The maximum absolute atomic E-state index is 14.6. The standard InChI is InChI=1S/C17H19F2N7/c1-16(2,19)8-22-15-21-6-12-11(5-20-14(12)25-15)10-4-13(18)17(3)23-9-24-26(17)7-10/h4-7,9H,8H2,1-3H3,(H,23,24)(H2,20,21,22,25). The number of nitrogens with zero attached hydrogens (tertiary/aromatic N) is 4. The molecule has 0 radical (unpaired) electrons. The Kier molecular flexibility index (Phi) is 3.50. The molecule has 0 saturated carbocycles. The first-order valence-electron chi connectivity index (χ1n) is 8.22. The number of hydrogen-bond donors (Lipinski definition) is 3. The van der Waals surface area contributed by atoms with Crippen molar-refractivity contribution >= 4 is 28.9 Å². The van der Waals surface area contributed by atoms with E-state index in [4.69, 9.17) is 0 Å². The third-order valence-corrected chi connectivity index (χ3v) is 4.39. The highest BCUT2D eigenvalue weighted by Crippen LogP contribution is 2.37. The van der Waals surface area contributed by atoms with E-state index in [1.807, 2.05) is 0 Å². The minimum atomic E-state index is -1.37. The summed E-state index contributed by atoms with van der Waals surface area (Å²) in [7, 11) is 0. The summed E-state index contributed by atoms with van der Waals surface area (Å²) in [5, 5.41) is 5.22. The molecule has 1 unspecified atom stereocenters. The van der Waals surface area contributed by atoms with Crippen LogP contribution in [0.15, 0.2) is 35.5 Å². The summed E-state index contributed by atoms with van der Waals surface area (Å²) < 4.78 is 28.2. The molecule has 2 aliphatic heterocycles. The van der Waals surface area contributed by atoms with Gasteiger partial charge in [-0.25, -0.2) is 18.8 Å². The Balaban J connectivity index is 1.65.